The topological polar surface area (TPSA) is 26.3 Å². The van der Waals surface area contributed by atoms with Crippen molar-refractivity contribution >= 4 is 20.6 Å². The van der Waals surface area contributed by atoms with Gasteiger partial charge in [-0.3, -0.25) is 4.79 Å². The molecule has 3 heteroatoms. The van der Waals surface area contributed by atoms with Gasteiger partial charge in [-0.1, -0.05) is 30.3 Å². The summed E-state index contributed by atoms with van der Waals surface area (Å²) >= 11 is 2.78. The van der Waals surface area contributed by atoms with Gasteiger partial charge in [0.1, 0.15) is 6.61 Å². The molecule has 0 aliphatic carbocycles. The first-order chi connectivity index (χ1) is 5.79. The van der Waals surface area contributed by atoms with E-state index in [0.29, 0.717) is 6.61 Å². The highest BCUT2D eigenvalue weighted by Crippen LogP contribution is 2.00. The number of hydrogen-bond acceptors (Lipinski definition) is 2. The van der Waals surface area contributed by atoms with Crippen molar-refractivity contribution in [2.24, 2.45) is 0 Å². The second-order valence-electron chi connectivity index (χ2n) is 2.33. The van der Waals surface area contributed by atoms with E-state index in [-0.39, 0.29) is 11.3 Å². The van der Waals surface area contributed by atoms with E-state index in [0.717, 1.165) is 5.56 Å². The van der Waals surface area contributed by atoms with Gasteiger partial charge in [0, 0.05) is 0 Å². The van der Waals surface area contributed by atoms with Gasteiger partial charge < -0.3 is 4.74 Å². The van der Waals surface area contributed by atoms with Crippen LogP contribution in [-0.2, 0) is 16.1 Å². The second-order valence-corrected chi connectivity index (χ2v) is 3.22. The predicted octanol–water partition coefficient (Wildman–Crippen LogP) is 2.12. The zero-order chi connectivity index (χ0) is 8.81. The van der Waals surface area contributed by atoms with Crippen molar-refractivity contribution in [3.8, 4) is 0 Å². The molecule has 1 rings (SSSR count). The van der Waals surface area contributed by atoms with Gasteiger partial charge >= 0.3 is 0 Å². The lowest BCUT2D eigenvalue weighted by atomic mass is 10.2. The van der Waals surface area contributed by atoms with Crippen molar-refractivity contribution in [1.82, 2.24) is 0 Å². The zero-order valence-corrected chi connectivity index (χ0v) is 8.08. The Morgan fingerprint density at radius 1 is 1.33 bits per heavy atom. The molecular formula is C9H9BrO2. The standard InChI is InChI=1S/C9H9BrO2/c10-9(11)7-12-6-8-4-2-1-3-5-8/h1-5H,6-7H2. The van der Waals surface area contributed by atoms with Crippen LogP contribution in [-0.4, -0.2) is 11.3 Å². The third-order valence-corrected chi connectivity index (χ3v) is 1.56. The summed E-state index contributed by atoms with van der Waals surface area (Å²) in [6.45, 7) is 0.604. The maximum Gasteiger partial charge on any atom is 0.223 e. The molecule has 0 atom stereocenters. The number of carbonyl (C=O) groups excluding carboxylic acids is 1. The predicted molar refractivity (Wildman–Crippen MR) is 50.0 cm³/mol. The lowest BCUT2D eigenvalue weighted by Gasteiger charge is -1.99. The number of ether oxygens (including phenoxy) is 1. The highest BCUT2D eigenvalue weighted by molar-refractivity contribution is 9.18. The quantitative estimate of drug-likeness (QED) is 0.739. The SMILES string of the molecule is O=C(Br)COCc1ccccc1. The van der Waals surface area contributed by atoms with Gasteiger partial charge in [-0.25, -0.2) is 0 Å². The van der Waals surface area contributed by atoms with Crippen LogP contribution < -0.4 is 0 Å². The summed E-state index contributed by atoms with van der Waals surface area (Å²) in [5.41, 5.74) is 1.08. The highest BCUT2D eigenvalue weighted by Gasteiger charge is 1.95. The van der Waals surface area contributed by atoms with Gasteiger partial charge in [-0.05, 0) is 21.5 Å². The number of benzene rings is 1. The molecule has 2 nitrogen and oxygen atoms in total. The van der Waals surface area contributed by atoms with E-state index in [9.17, 15) is 4.79 Å². The molecule has 64 valence electrons. The molecule has 0 saturated heterocycles. The Labute approximate surface area is 79.7 Å². The van der Waals surface area contributed by atoms with Crippen molar-refractivity contribution in [3.63, 3.8) is 0 Å². The molecule has 0 aliphatic heterocycles. The maximum absolute atomic E-state index is 10.4. The Bertz CT molecular complexity index is 246. The molecule has 0 amide bonds. The Morgan fingerprint density at radius 2 is 2.00 bits per heavy atom. The summed E-state index contributed by atoms with van der Waals surface area (Å²) in [6.07, 6.45) is 0. The second kappa shape index (κ2) is 5.06. The van der Waals surface area contributed by atoms with E-state index in [1.807, 2.05) is 30.3 Å². The van der Waals surface area contributed by atoms with E-state index >= 15 is 0 Å². The fourth-order valence-corrected chi connectivity index (χ4v) is 0.985. The third kappa shape index (κ3) is 3.64. The average Bonchev–Trinajstić information content (AvgIpc) is 2.05. The molecule has 1 aromatic carbocycles. The molecule has 0 bridgehead atoms. The van der Waals surface area contributed by atoms with Crippen molar-refractivity contribution in [2.45, 2.75) is 6.61 Å². The molecule has 1 aromatic rings. The third-order valence-electron chi connectivity index (χ3n) is 1.33. The smallest absolute Gasteiger partial charge is 0.223 e. The average molecular weight is 229 g/mol. The van der Waals surface area contributed by atoms with Gasteiger partial charge in [-0.2, -0.15) is 0 Å². The van der Waals surface area contributed by atoms with Crippen LogP contribution in [0.4, 0.5) is 0 Å². The lowest BCUT2D eigenvalue weighted by molar-refractivity contribution is -0.114. The van der Waals surface area contributed by atoms with E-state index < -0.39 is 0 Å². The summed E-state index contributed by atoms with van der Waals surface area (Å²) in [7, 11) is 0. The number of hydrogen-bond donors (Lipinski definition) is 0. The van der Waals surface area contributed by atoms with Crippen LogP contribution in [0.2, 0.25) is 0 Å². The van der Waals surface area contributed by atoms with Crippen LogP contribution in [0.3, 0.4) is 0 Å². The van der Waals surface area contributed by atoms with Crippen LogP contribution in [0.15, 0.2) is 30.3 Å². The first-order valence-electron chi connectivity index (χ1n) is 3.59. The van der Waals surface area contributed by atoms with Crippen LogP contribution in [0, 0.1) is 0 Å². The van der Waals surface area contributed by atoms with Crippen LogP contribution in [0.1, 0.15) is 5.56 Å². The minimum absolute atomic E-state index is 0.120. The first kappa shape index (κ1) is 9.42. The Hall–Kier alpha value is -0.670. The molecule has 0 radical (unpaired) electrons. The normalized spacial score (nSPS) is 9.75. The van der Waals surface area contributed by atoms with Crippen LogP contribution in [0.25, 0.3) is 0 Å². The molecule has 0 aromatic heterocycles. The fourth-order valence-electron chi connectivity index (χ4n) is 0.823. The summed E-state index contributed by atoms with van der Waals surface area (Å²) in [5, 5.41) is 0. The van der Waals surface area contributed by atoms with Crippen molar-refractivity contribution in [3.05, 3.63) is 35.9 Å². The summed E-state index contributed by atoms with van der Waals surface area (Å²) < 4.78 is 4.96. The summed E-state index contributed by atoms with van der Waals surface area (Å²) in [5.74, 6) is 0. The van der Waals surface area contributed by atoms with Crippen LogP contribution >= 0.6 is 15.9 Å². The van der Waals surface area contributed by atoms with E-state index in [1.54, 1.807) is 0 Å². The summed E-state index contributed by atoms with van der Waals surface area (Å²) in [6, 6.07) is 9.74. The zero-order valence-electron chi connectivity index (χ0n) is 6.50. The molecular weight excluding hydrogens is 220 g/mol. The monoisotopic (exact) mass is 228 g/mol. The van der Waals surface area contributed by atoms with Crippen molar-refractivity contribution < 1.29 is 9.53 Å². The molecule has 0 saturated carbocycles. The maximum atomic E-state index is 10.4. The van der Waals surface area contributed by atoms with Gasteiger partial charge in [0.05, 0.1) is 6.61 Å². The number of carbonyl (C=O) groups is 1. The van der Waals surface area contributed by atoms with Gasteiger partial charge in [0.2, 0.25) is 4.69 Å². The molecule has 0 fully saturated rings. The molecule has 0 spiro atoms. The Morgan fingerprint density at radius 3 is 2.58 bits per heavy atom. The molecule has 0 N–H and O–H groups in total. The molecule has 0 unspecified atom stereocenters. The van der Waals surface area contributed by atoms with E-state index in [4.69, 9.17) is 4.74 Å². The van der Waals surface area contributed by atoms with E-state index in [2.05, 4.69) is 15.9 Å². The largest absolute Gasteiger partial charge is 0.368 e. The highest BCUT2D eigenvalue weighted by atomic mass is 79.9. The van der Waals surface area contributed by atoms with Gasteiger partial charge in [0.15, 0.2) is 0 Å². The molecule has 12 heavy (non-hydrogen) atoms. The minimum atomic E-state index is -0.126. The number of rotatable bonds is 4. The number of halogens is 1. The Balaban J connectivity index is 2.29. The molecule has 0 aliphatic rings. The minimum Gasteiger partial charge on any atom is -0.368 e. The lowest BCUT2D eigenvalue weighted by Crippen LogP contribution is -2.00. The molecule has 0 heterocycles. The van der Waals surface area contributed by atoms with Crippen LogP contribution in [0.5, 0.6) is 0 Å². The van der Waals surface area contributed by atoms with Crippen molar-refractivity contribution in [2.75, 3.05) is 6.61 Å². The van der Waals surface area contributed by atoms with Crippen molar-refractivity contribution in [1.29, 1.82) is 0 Å². The van der Waals surface area contributed by atoms with E-state index in [1.165, 1.54) is 0 Å². The first-order valence-corrected chi connectivity index (χ1v) is 4.38. The summed E-state index contributed by atoms with van der Waals surface area (Å²) in [4.78, 5) is 10.4. The Kier molecular flexibility index (Phi) is 3.97. The van der Waals surface area contributed by atoms with Gasteiger partial charge in [-0.15, -0.1) is 0 Å². The van der Waals surface area contributed by atoms with Gasteiger partial charge in [0.25, 0.3) is 0 Å². The fraction of sp³-hybridized carbons (Fsp3) is 0.222.